The van der Waals surface area contributed by atoms with Crippen molar-refractivity contribution in [3.05, 3.63) is 52.6 Å². The van der Waals surface area contributed by atoms with Crippen molar-refractivity contribution in [3.63, 3.8) is 0 Å². The minimum absolute atomic E-state index is 0.0620. The Morgan fingerprint density at radius 1 is 0.974 bits per heavy atom. The van der Waals surface area contributed by atoms with Gasteiger partial charge in [-0.3, -0.25) is 19.3 Å². The molecule has 2 aromatic carbocycles. The highest BCUT2D eigenvalue weighted by atomic mass is 16.5. The Balaban J connectivity index is 1.12. The highest BCUT2D eigenvalue weighted by Gasteiger charge is 2.41. The first-order valence-corrected chi connectivity index (χ1v) is 13.9. The fourth-order valence-corrected chi connectivity index (χ4v) is 6.43. The number of fused-ring (bicyclic) bond motifs is 2. The first kappa shape index (κ1) is 25.7. The predicted molar refractivity (Wildman–Crippen MR) is 144 cm³/mol. The van der Waals surface area contributed by atoms with E-state index in [0.29, 0.717) is 74.8 Å². The summed E-state index contributed by atoms with van der Waals surface area (Å²) in [6, 6.07) is 9.50. The molecule has 0 bridgehead atoms. The number of benzene rings is 2. The SMILES string of the molecule is COc1cc2c(cc1OC)CN(C(=O)C1CCN(c3cccc4c3C(=O)N(CC3CCCO3)C4=O)CC1)CC2. The van der Waals surface area contributed by atoms with Gasteiger partial charge in [-0.15, -0.1) is 0 Å². The van der Waals surface area contributed by atoms with Crippen molar-refractivity contribution < 1.29 is 28.6 Å². The molecule has 4 heterocycles. The predicted octanol–water partition coefficient (Wildman–Crippen LogP) is 3.28. The Morgan fingerprint density at radius 3 is 2.41 bits per heavy atom. The number of methoxy groups -OCH3 is 2. The van der Waals surface area contributed by atoms with Crippen LogP contribution in [-0.2, 0) is 22.5 Å². The topological polar surface area (TPSA) is 88.6 Å². The van der Waals surface area contributed by atoms with Gasteiger partial charge in [0.15, 0.2) is 11.5 Å². The molecule has 1 unspecified atom stereocenters. The standard InChI is InChI=1S/C30H35N3O6/c1-37-25-15-20-10-13-32(17-21(20)16-26(25)38-2)28(34)19-8-11-31(12-9-19)24-7-3-6-23-27(24)30(36)33(29(23)35)18-22-5-4-14-39-22/h3,6-7,15-16,19,22H,4-5,8-14,17-18H2,1-2H3. The molecular formula is C30H35N3O6. The minimum atomic E-state index is -0.239. The van der Waals surface area contributed by atoms with Crippen LogP contribution in [-0.4, -0.2) is 80.6 Å². The number of carbonyl (C=O) groups excluding carboxylic acids is 3. The molecule has 0 spiro atoms. The molecule has 4 aliphatic heterocycles. The average molecular weight is 534 g/mol. The van der Waals surface area contributed by atoms with E-state index < -0.39 is 0 Å². The number of amides is 3. The molecule has 0 aliphatic carbocycles. The van der Waals surface area contributed by atoms with Crippen molar-refractivity contribution in [1.29, 1.82) is 0 Å². The molecule has 1 atom stereocenters. The summed E-state index contributed by atoms with van der Waals surface area (Å²) in [5.41, 5.74) is 4.03. The molecule has 9 nitrogen and oxygen atoms in total. The molecule has 0 aromatic heterocycles. The first-order valence-electron chi connectivity index (χ1n) is 13.9. The number of imide groups is 1. The van der Waals surface area contributed by atoms with E-state index in [4.69, 9.17) is 14.2 Å². The Labute approximate surface area is 228 Å². The van der Waals surface area contributed by atoms with Gasteiger partial charge in [0.1, 0.15) is 0 Å². The van der Waals surface area contributed by atoms with Crippen LogP contribution in [0, 0.1) is 5.92 Å². The molecule has 2 fully saturated rings. The largest absolute Gasteiger partial charge is 0.493 e. The summed E-state index contributed by atoms with van der Waals surface area (Å²) in [6.45, 7) is 3.56. The molecule has 9 heteroatoms. The summed E-state index contributed by atoms with van der Waals surface area (Å²) in [5.74, 6) is 1.04. The van der Waals surface area contributed by atoms with E-state index in [1.807, 2.05) is 29.2 Å². The fourth-order valence-electron chi connectivity index (χ4n) is 6.43. The molecule has 2 saturated heterocycles. The number of hydrogen-bond acceptors (Lipinski definition) is 7. The van der Waals surface area contributed by atoms with E-state index in [1.54, 1.807) is 20.3 Å². The summed E-state index contributed by atoms with van der Waals surface area (Å²) < 4.78 is 16.6. The number of anilines is 1. The Morgan fingerprint density at radius 2 is 1.72 bits per heavy atom. The van der Waals surface area contributed by atoms with Crippen LogP contribution in [0.5, 0.6) is 11.5 Å². The number of nitrogens with zero attached hydrogens (tertiary/aromatic N) is 3. The summed E-state index contributed by atoms with van der Waals surface area (Å²) in [6.07, 6.45) is 3.95. The van der Waals surface area contributed by atoms with Crippen molar-refractivity contribution in [3.8, 4) is 11.5 Å². The molecule has 2 aromatic rings. The third-order valence-corrected chi connectivity index (χ3v) is 8.60. The smallest absolute Gasteiger partial charge is 0.263 e. The van der Waals surface area contributed by atoms with Crippen LogP contribution in [0.4, 0.5) is 5.69 Å². The lowest BCUT2D eigenvalue weighted by molar-refractivity contribution is -0.137. The van der Waals surface area contributed by atoms with Gasteiger partial charge in [0.25, 0.3) is 11.8 Å². The van der Waals surface area contributed by atoms with E-state index in [-0.39, 0.29) is 29.7 Å². The second kappa shape index (κ2) is 10.5. The molecule has 0 N–H and O–H groups in total. The van der Waals surface area contributed by atoms with Gasteiger partial charge >= 0.3 is 0 Å². The number of ether oxygens (including phenoxy) is 3. The maximum atomic E-state index is 13.5. The monoisotopic (exact) mass is 533 g/mol. The maximum Gasteiger partial charge on any atom is 0.263 e. The van der Waals surface area contributed by atoms with Crippen LogP contribution in [0.1, 0.15) is 57.5 Å². The third kappa shape index (κ3) is 4.62. The van der Waals surface area contributed by atoms with Crippen LogP contribution in [0.3, 0.4) is 0 Å². The summed E-state index contributed by atoms with van der Waals surface area (Å²) in [4.78, 5) is 45.4. The van der Waals surface area contributed by atoms with Gasteiger partial charge in [-0.1, -0.05) is 6.07 Å². The van der Waals surface area contributed by atoms with Crippen molar-refractivity contribution in [1.82, 2.24) is 9.80 Å². The first-order chi connectivity index (χ1) is 19.0. The molecule has 6 rings (SSSR count). The third-order valence-electron chi connectivity index (χ3n) is 8.60. The van der Waals surface area contributed by atoms with Gasteiger partial charge in [0.05, 0.1) is 43.7 Å². The zero-order valence-electron chi connectivity index (χ0n) is 22.6. The van der Waals surface area contributed by atoms with Gasteiger partial charge < -0.3 is 24.0 Å². The lowest BCUT2D eigenvalue weighted by Gasteiger charge is -2.37. The van der Waals surface area contributed by atoms with E-state index >= 15 is 0 Å². The van der Waals surface area contributed by atoms with Gasteiger partial charge in [0.2, 0.25) is 5.91 Å². The van der Waals surface area contributed by atoms with Gasteiger partial charge in [0, 0.05) is 38.7 Å². The Hall–Kier alpha value is -3.59. The van der Waals surface area contributed by atoms with Crippen LogP contribution in [0.15, 0.2) is 30.3 Å². The number of carbonyl (C=O) groups is 3. The van der Waals surface area contributed by atoms with Gasteiger partial charge in [-0.2, -0.15) is 0 Å². The molecule has 39 heavy (non-hydrogen) atoms. The maximum absolute atomic E-state index is 13.5. The highest BCUT2D eigenvalue weighted by molar-refractivity contribution is 6.23. The summed E-state index contributed by atoms with van der Waals surface area (Å²) in [5, 5.41) is 0. The van der Waals surface area contributed by atoms with E-state index in [1.165, 1.54) is 10.5 Å². The van der Waals surface area contributed by atoms with Crippen LogP contribution < -0.4 is 14.4 Å². The number of rotatable bonds is 6. The zero-order valence-corrected chi connectivity index (χ0v) is 22.6. The Kier molecular flexibility index (Phi) is 6.93. The second-order valence-electron chi connectivity index (χ2n) is 10.8. The Bertz CT molecular complexity index is 1300. The number of piperidine rings is 1. The average Bonchev–Trinajstić information content (AvgIpc) is 3.58. The van der Waals surface area contributed by atoms with Crippen molar-refractivity contribution >= 4 is 23.4 Å². The molecule has 4 aliphatic rings. The summed E-state index contributed by atoms with van der Waals surface area (Å²) >= 11 is 0. The van der Waals surface area contributed by atoms with E-state index in [0.717, 1.165) is 30.5 Å². The highest BCUT2D eigenvalue weighted by Crippen LogP contribution is 2.36. The lowest BCUT2D eigenvalue weighted by atomic mass is 9.92. The van der Waals surface area contributed by atoms with Crippen molar-refractivity contribution in [2.45, 2.75) is 44.8 Å². The van der Waals surface area contributed by atoms with Crippen LogP contribution in [0.2, 0.25) is 0 Å². The van der Waals surface area contributed by atoms with E-state index in [2.05, 4.69) is 4.90 Å². The minimum Gasteiger partial charge on any atom is -0.493 e. The number of hydrogen-bond donors (Lipinski definition) is 0. The normalized spacial score (nSPS) is 21.3. The van der Waals surface area contributed by atoms with Crippen LogP contribution >= 0.6 is 0 Å². The van der Waals surface area contributed by atoms with E-state index in [9.17, 15) is 14.4 Å². The molecule has 3 amide bonds. The lowest BCUT2D eigenvalue weighted by Crippen LogP contribution is -2.44. The molecule has 0 radical (unpaired) electrons. The van der Waals surface area contributed by atoms with Crippen molar-refractivity contribution in [2.24, 2.45) is 5.92 Å². The fraction of sp³-hybridized carbons (Fsp3) is 0.500. The van der Waals surface area contributed by atoms with Crippen LogP contribution in [0.25, 0.3) is 0 Å². The zero-order chi connectivity index (χ0) is 27.1. The molecule has 206 valence electrons. The second-order valence-corrected chi connectivity index (χ2v) is 10.8. The summed E-state index contributed by atoms with van der Waals surface area (Å²) in [7, 11) is 3.26. The van der Waals surface area contributed by atoms with Gasteiger partial charge in [-0.25, -0.2) is 0 Å². The van der Waals surface area contributed by atoms with Crippen molar-refractivity contribution in [2.75, 3.05) is 51.9 Å². The van der Waals surface area contributed by atoms with Gasteiger partial charge in [-0.05, 0) is 67.5 Å². The molecule has 0 saturated carbocycles. The quantitative estimate of drug-likeness (QED) is 0.527. The molecular weight excluding hydrogens is 498 g/mol.